The van der Waals surface area contributed by atoms with E-state index in [0.717, 1.165) is 0 Å². The van der Waals surface area contributed by atoms with Gasteiger partial charge in [0.1, 0.15) is 0 Å². The molecule has 0 bridgehead atoms. The molecule has 0 aromatic carbocycles. The molecular formula is C4H11O5P. The van der Waals surface area contributed by atoms with Gasteiger partial charge in [0.15, 0.2) is 0 Å². The second-order valence-corrected chi connectivity index (χ2v) is 3.79. The molecule has 0 fully saturated rings. The third-order valence-corrected chi connectivity index (χ3v) is 1.81. The van der Waals surface area contributed by atoms with E-state index in [1.807, 2.05) is 0 Å². The van der Waals surface area contributed by atoms with Gasteiger partial charge in [-0.25, -0.2) is 0 Å². The van der Waals surface area contributed by atoms with Crippen molar-refractivity contribution in [2.75, 3.05) is 12.8 Å². The highest BCUT2D eigenvalue weighted by atomic mass is 31.2. The molecule has 0 aliphatic heterocycles. The van der Waals surface area contributed by atoms with E-state index in [2.05, 4.69) is 0 Å². The Morgan fingerprint density at radius 3 is 2.20 bits per heavy atom. The molecule has 0 aromatic rings. The zero-order valence-electron chi connectivity index (χ0n) is 5.34. The van der Waals surface area contributed by atoms with E-state index in [1.165, 1.54) is 0 Å². The number of hydrogen-bond acceptors (Lipinski definition) is 3. The first-order valence-corrected chi connectivity index (χ1v) is 4.59. The van der Waals surface area contributed by atoms with Gasteiger partial charge in [-0.2, -0.15) is 0 Å². The van der Waals surface area contributed by atoms with Crippen LogP contribution in [0.2, 0.25) is 0 Å². The molecule has 0 aliphatic carbocycles. The molecule has 0 rings (SSSR count). The quantitative estimate of drug-likeness (QED) is 0.402. The predicted molar refractivity (Wildman–Crippen MR) is 34.6 cm³/mol. The Kier molecular flexibility index (Phi) is 4.08. The summed E-state index contributed by atoms with van der Waals surface area (Å²) in [7, 11) is -4.00. The number of rotatable bonds is 4. The molecule has 0 saturated heterocycles. The normalized spacial score (nSPS) is 15.2. The topological polar surface area (TPSA) is 98.0 Å². The van der Waals surface area contributed by atoms with Crippen LogP contribution in [-0.4, -0.2) is 38.9 Å². The Balaban J connectivity index is 3.46. The summed E-state index contributed by atoms with van der Waals surface area (Å²) in [4.78, 5) is 16.6. The smallest absolute Gasteiger partial charge is 0.325 e. The van der Waals surface area contributed by atoms with Crippen molar-refractivity contribution >= 4 is 7.60 Å². The summed E-state index contributed by atoms with van der Waals surface area (Å²) in [6.45, 7) is -0.458. The van der Waals surface area contributed by atoms with Gasteiger partial charge >= 0.3 is 7.60 Å². The first kappa shape index (κ1) is 10.1. The van der Waals surface area contributed by atoms with Gasteiger partial charge in [0, 0.05) is 0 Å². The molecule has 5 nitrogen and oxygen atoms in total. The van der Waals surface area contributed by atoms with Crippen LogP contribution in [0.1, 0.15) is 6.42 Å². The van der Waals surface area contributed by atoms with Gasteiger partial charge < -0.3 is 20.0 Å². The fourth-order valence-electron chi connectivity index (χ4n) is 0.408. The Morgan fingerprint density at radius 1 is 1.40 bits per heavy atom. The van der Waals surface area contributed by atoms with Crippen LogP contribution in [0.5, 0.6) is 0 Å². The second kappa shape index (κ2) is 4.05. The molecule has 0 radical (unpaired) electrons. The third-order valence-electron chi connectivity index (χ3n) is 0.964. The maximum absolute atomic E-state index is 10.2. The molecule has 0 spiro atoms. The molecule has 1 unspecified atom stereocenters. The predicted octanol–water partition coefficient (Wildman–Crippen LogP) is -1.09. The standard InChI is InChI=1S/C4H11O5P/c5-3-4(6)1-2-10(7,8)9/h4-6H,1-3H2,(H2,7,8,9). The van der Waals surface area contributed by atoms with Gasteiger partial charge in [0.2, 0.25) is 0 Å². The summed E-state index contributed by atoms with van der Waals surface area (Å²) in [5.74, 6) is 0. The van der Waals surface area contributed by atoms with Crippen LogP contribution in [0.3, 0.4) is 0 Å². The van der Waals surface area contributed by atoms with Crippen LogP contribution in [0.15, 0.2) is 0 Å². The Hall–Kier alpha value is 0.0700. The molecule has 62 valence electrons. The minimum Gasteiger partial charge on any atom is -0.394 e. The summed E-state index contributed by atoms with van der Waals surface area (Å²) in [6, 6.07) is 0. The zero-order valence-corrected chi connectivity index (χ0v) is 6.24. The largest absolute Gasteiger partial charge is 0.394 e. The van der Waals surface area contributed by atoms with Crippen LogP contribution < -0.4 is 0 Å². The lowest BCUT2D eigenvalue weighted by molar-refractivity contribution is 0.0918. The number of aliphatic hydroxyl groups is 2. The fourth-order valence-corrected chi connectivity index (χ4v) is 1.04. The third kappa shape index (κ3) is 6.19. The highest BCUT2D eigenvalue weighted by Gasteiger charge is 2.14. The average Bonchev–Trinajstić information content (AvgIpc) is 1.81. The van der Waals surface area contributed by atoms with Crippen LogP contribution in [-0.2, 0) is 4.57 Å². The van der Waals surface area contributed by atoms with Gasteiger partial charge in [-0.3, -0.25) is 4.57 Å². The molecule has 0 aliphatic rings. The van der Waals surface area contributed by atoms with Crippen LogP contribution in [0.25, 0.3) is 0 Å². The van der Waals surface area contributed by atoms with E-state index in [4.69, 9.17) is 20.0 Å². The molecule has 10 heavy (non-hydrogen) atoms. The second-order valence-electron chi connectivity index (χ2n) is 2.01. The van der Waals surface area contributed by atoms with E-state index in [0.29, 0.717) is 0 Å². The molecule has 0 heterocycles. The summed E-state index contributed by atoms with van der Waals surface area (Å²) >= 11 is 0. The summed E-state index contributed by atoms with van der Waals surface area (Å²) < 4.78 is 10.2. The molecule has 4 N–H and O–H groups in total. The molecule has 0 saturated carbocycles. The van der Waals surface area contributed by atoms with Gasteiger partial charge in [0.05, 0.1) is 18.9 Å². The average molecular weight is 170 g/mol. The van der Waals surface area contributed by atoms with Crippen LogP contribution in [0, 0.1) is 0 Å². The monoisotopic (exact) mass is 170 g/mol. The zero-order chi connectivity index (χ0) is 8.20. The molecule has 6 heteroatoms. The van der Waals surface area contributed by atoms with Crippen molar-refractivity contribution in [3.8, 4) is 0 Å². The lowest BCUT2D eigenvalue weighted by atomic mass is 10.3. The van der Waals surface area contributed by atoms with Crippen molar-refractivity contribution in [1.82, 2.24) is 0 Å². The van der Waals surface area contributed by atoms with Crippen molar-refractivity contribution < 1.29 is 24.6 Å². The highest BCUT2D eigenvalue weighted by molar-refractivity contribution is 7.51. The first-order chi connectivity index (χ1) is 4.45. The first-order valence-electron chi connectivity index (χ1n) is 2.79. The Labute approximate surface area is 58.5 Å². The highest BCUT2D eigenvalue weighted by Crippen LogP contribution is 2.35. The summed E-state index contributed by atoms with van der Waals surface area (Å²) in [5, 5.41) is 16.9. The lowest BCUT2D eigenvalue weighted by Crippen LogP contribution is -2.13. The SMILES string of the molecule is O=P(O)(O)CCC(O)CO. The van der Waals surface area contributed by atoms with Crippen molar-refractivity contribution in [3.63, 3.8) is 0 Å². The maximum atomic E-state index is 10.2. The van der Waals surface area contributed by atoms with Crippen LogP contribution >= 0.6 is 7.60 Å². The van der Waals surface area contributed by atoms with E-state index >= 15 is 0 Å². The molecular weight excluding hydrogens is 159 g/mol. The van der Waals surface area contributed by atoms with E-state index < -0.39 is 20.3 Å². The Morgan fingerprint density at radius 2 is 1.90 bits per heavy atom. The van der Waals surface area contributed by atoms with Crippen molar-refractivity contribution in [3.05, 3.63) is 0 Å². The number of aliphatic hydroxyl groups excluding tert-OH is 2. The van der Waals surface area contributed by atoms with Crippen molar-refractivity contribution in [2.45, 2.75) is 12.5 Å². The minimum absolute atomic E-state index is 0.0687. The van der Waals surface area contributed by atoms with E-state index in [9.17, 15) is 4.57 Å². The van der Waals surface area contributed by atoms with Crippen molar-refractivity contribution in [2.24, 2.45) is 0 Å². The minimum atomic E-state index is -4.00. The van der Waals surface area contributed by atoms with Crippen LogP contribution in [0.4, 0.5) is 0 Å². The van der Waals surface area contributed by atoms with Crippen molar-refractivity contribution in [1.29, 1.82) is 0 Å². The van der Waals surface area contributed by atoms with Gasteiger partial charge in [-0.15, -0.1) is 0 Å². The van der Waals surface area contributed by atoms with Gasteiger partial charge in [0.25, 0.3) is 0 Å². The van der Waals surface area contributed by atoms with Gasteiger partial charge in [-0.1, -0.05) is 0 Å². The summed E-state index contributed by atoms with van der Waals surface area (Å²) in [6.07, 6.45) is -1.47. The fraction of sp³-hybridized carbons (Fsp3) is 1.00. The maximum Gasteiger partial charge on any atom is 0.325 e. The van der Waals surface area contributed by atoms with E-state index in [-0.39, 0.29) is 12.6 Å². The Bertz CT molecular complexity index is 130. The molecule has 0 aromatic heterocycles. The lowest BCUT2D eigenvalue weighted by Gasteiger charge is -2.06. The summed E-state index contributed by atoms with van der Waals surface area (Å²) in [5.41, 5.74) is 0. The van der Waals surface area contributed by atoms with Gasteiger partial charge in [-0.05, 0) is 6.42 Å². The molecule has 1 atom stereocenters. The number of hydrogen-bond donors (Lipinski definition) is 4. The molecule has 0 amide bonds. The van der Waals surface area contributed by atoms with E-state index in [1.54, 1.807) is 0 Å².